The summed E-state index contributed by atoms with van der Waals surface area (Å²) in [5.74, 6) is -0.653. The van der Waals surface area contributed by atoms with Crippen molar-refractivity contribution in [2.24, 2.45) is 0 Å². The molecule has 1 unspecified atom stereocenters. The molecule has 0 spiro atoms. The van der Waals surface area contributed by atoms with Crippen molar-refractivity contribution >= 4 is 11.6 Å². The second-order valence-electron chi connectivity index (χ2n) is 5.56. The summed E-state index contributed by atoms with van der Waals surface area (Å²) in [4.78, 5) is 2.09. The molecule has 106 valence electrons. The average molecular weight is 290 g/mol. The fourth-order valence-corrected chi connectivity index (χ4v) is 2.67. The van der Waals surface area contributed by atoms with Gasteiger partial charge in [-0.15, -0.1) is 11.6 Å². The molecule has 0 aliphatic carbocycles. The largest absolute Gasteiger partial charge is 0.368 e. The van der Waals surface area contributed by atoms with Gasteiger partial charge in [-0.2, -0.15) is 0 Å². The summed E-state index contributed by atoms with van der Waals surface area (Å²) in [5.41, 5.74) is 0.182. The lowest BCUT2D eigenvalue weighted by Gasteiger charge is -2.42. The Bertz CT molecular complexity index is 453. The van der Waals surface area contributed by atoms with E-state index in [1.807, 2.05) is 13.8 Å². The molecule has 0 N–H and O–H groups in total. The van der Waals surface area contributed by atoms with Crippen LogP contribution in [-0.2, 0) is 11.3 Å². The third kappa shape index (κ3) is 3.88. The minimum absolute atomic E-state index is 0.0612. The van der Waals surface area contributed by atoms with Crippen LogP contribution < -0.4 is 0 Å². The summed E-state index contributed by atoms with van der Waals surface area (Å²) in [7, 11) is 0. The zero-order valence-corrected chi connectivity index (χ0v) is 11.9. The van der Waals surface area contributed by atoms with E-state index in [1.54, 1.807) is 0 Å². The highest BCUT2D eigenvalue weighted by Gasteiger charge is 2.33. The first kappa shape index (κ1) is 14.7. The van der Waals surface area contributed by atoms with E-state index in [2.05, 4.69) is 4.90 Å². The number of morpholine rings is 1. The van der Waals surface area contributed by atoms with Crippen molar-refractivity contribution in [2.45, 2.75) is 32.1 Å². The lowest BCUT2D eigenvalue weighted by molar-refractivity contribution is -0.129. The van der Waals surface area contributed by atoms with Gasteiger partial charge in [-0.3, -0.25) is 4.90 Å². The van der Waals surface area contributed by atoms with Gasteiger partial charge in [-0.05, 0) is 19.9 Å². The Morgan fingerprint density at radius 3 is 2.79 bits per heavy atom. The highest BCUT2D eigenvalue weighted by Crippen LogP contribution is 2.23. The molecule has 2 rings (SSSR count). The Hall–Kier alpha value is -0.710. The summed E-state index contributed by atoms with van der Waals surface area (Å²) >= 11 is 5.85. The molecule has 1 aromatic carbocycles. The number of halogens is 3. The Morgan fingerprint density at radius 1 is 1.42 bits per heavy atom. The van der Waals surface area contributed by atoms with Gasteiger partial charge in [-0.1, -0.05) is 6.07 Å². The zero-order chi connectivity index (χ0) is 14.0. The second kappa shape index (κ2) is 5.73. The Morgan fingerprint density at radius 2 is 2.16 bits per heavy atom. The number of nitrogens with zero attached hydrogens (tertiary/aromatic N) is 1. The summed E-state index contributed by atoms with van der Waals surface area (Å²) in [5, 5.41) is 0. The van der Waals surface area contributed by atoms with Gasteiger partial charge in [0.05, 0.1) is 11.7 Å². The van der Waals surface area contributed by atoms with E-state index in [0.29, 0.717) is 31.1 Å². The van der Waals surface area contributed by atoms with Crippen molar-refractivity contribution in [3.05, 3.63) is 35.4 Å². The quantitative estimate of drug-likeness (QED) is 0.793. The molecule has 1 aromatic rings. The molecule has 0 bridgehead atoms. The third-order valence-corrected chi connectivity index (χ3v) is 3.48. The standard InChI is InChI=1S/C14H18ClF2NO/c1-14(2)9-18(8-12(6-15)19-14)7-10-3-4-11(16)5-13(10)17/h3-5,12H,6-9H2,1-2H3. The molecule has 1 aliphatic rings. The average Bonchev–Trinajstić information content (AvgIpc) is 2.31. The highest BCUT2D eigenvalue weighted by molar-refractivity contribution is 6.18. The van der Waals surface area contributed by atoms with Gasteiger partial charge in [0, 0.05) is 37.1 Å². The predicted molar refractivity (Wildman–Crippen MR) is 71.3 cm³/mol. The van der Waals surface area contributed by atoms with E-state index in [-0.39, 0.29) is 11.7 Å². The van der Waals surface area contributed by atoms with Crippen molar-refractivity contribution in [3.63, 3.8) is 0 Å². The van der Waals surface area contributed by atoms with Crippen LogP contribution in [0.3, 0.4) is 0 Å². The summed E-state index contributed by atoms with van der Waals surface area (Å²) in [6.07, 6.45) is -0.0612. The molecule has 5 heteroatoms. The highest BCUT2D eigenvalue weighted by atomic mass is 35.5. The number of benzene rings is 1. The van der Waals surface area contributed by atoms with Gasteiger partial charge >= 0.3 is 0 Å². The van der Waals surface area contributed by atoms with Gasteiger partial charge < -0.3 is 4.74 Å². The van der Waals surface area contributed by atoms with Crippen molar-refractivity contribution in [2.75, 3.05) is 19.0 Å². The van der Waals surface area contributed by atoms with Crippen LogP contribution in [0.5, 0.6) is 0 Å². The first-order valence-electron chi connectivity index (χ1n) is 6.30. The van der Waals surface area contributed by atoms with E-state index in [0.717, 1.165) is 6.07 Å². The Kier molecular flexibility index (Phi) is 4.43. The van der Waals surface area contributed by atoms with Gasteiger partial charge in [0.2, 0.25) is 0 Å². The molecule has 0 amide bonds. The molecule has 0 radical (unpaired) electrons. The number of rotatable bonds is 3. The van der Waals surface area contributed by atoms with Crippen LogP contribution >= 0.6 is 11.6 Å². The van der Waals surface area contributed by atoms with E-state index in [9.17, 15) is 8.78 Å². The first-order chi connectivity index (χ1) is 8.89. The minimum Gasteiger partial charge on any atom is -0.368 e. The SMILES string of the molecule is CC1(C)CN(Cc2ccc(F)cc2F)CC(CCl)O1. The van der Waals surface area contributed by atoms with Crippen molar-refractivity contribution in [1.29, 1.82) is 0 Å². The van der Waals surface area contributed by atoms with E-state index in [1.165, 1.54) is 12.1 Å². The third-order valence-electron chi connectivity index (χ3n) is 3.13. The maximum absolute atomic E-state index is 13.7. The Labute approximate surface area is 117 Å². The van der Waals surface area contributed by atoms with Gasteiger partial charge in [0.1, 0.15) is 11.6 Å². The van der Waals surface area contributed by atoms with Gasteiger partial charge in [-0.25, -0.2) is 8.78 Å². The van der Waals surface area contributed by atoms with Crippen molar-refractivity contribution < 1.29 is 13.5 Å². The molecule has 1 aliphatic heterocycles. The normalized spacial score (nSPS) is 23.5. The smallest absolute Gasteiger partial charge is 0.130 e. The summed E-state index contributed by atoms with van der Waals surface area (Å²) in [6.45, 7) is 5.76. The van der Waals surface area contributed by atoms with Crippen LogP contribution in [0, 0.1) is 11.6 Å². The maximum atomic E-state index is 13.7. The first-order valence-corrected chi connectivity index (χ1v) is 6.83. The lowest BCUT2D eigenvalue weighted by Crippen LogP contribution is -2.52. The summed E-state index contributed by atoms with van der Waals surface area (Å²) < 4.78 is 32.3. The monoisotopic (exact) mass is 289 g/mol. The van der Waals surface area contributed by atoms with Crippen LogP contribution in [0.1, 0.15) is 19.4 Å². The number of ether oxygens (including phenoxy) is 1. The molecular formula is C14H18ClF2NO. The molecule has 1 fully saturated rings. The molecule has 1 atom stereocenters. The van der Waals surface area contributed by atoms with Crippen LogP contribution in [0.15, 0.2) is 18.2 Å². The van der Waals surface area contributed by atoms with Crippen LogP contribution in [-0.4, -0.2) is 35.6 Å². The van der Waals surface area contributed by atoms with Crippen LogP contribution in [0.25, 0.3) is 0 Å². The van der Waals surface area contributed by atoms with Gasteiger partial charge in [0.15, 0.2) is 0 Å². The van der Waals surface area contributed by atoms with Gasteiger partial charge in [0.25, 0.3) is 0 Å². The van der Waals surface area contributed by atoms with Crippen molar-refractivity contribution in [1.82, 2.24) is 4.90 Å². The number of hydrogen-bond donors (Lipinski definition) is 0. The molecule has 2 nitrogen and oxygen atoms in total. The molecule has 19 heavy (non-hydrogen) atoms. The minimum atomic E-state index is -0.554. The fraction of sp³-hybridized carbons (Fsp3) is 0.571. The molecule has 1 saturated heterocycles. The second-order valence-corrected chi connectivity index (χ2v) is 5.87. The predicted octanol–water partition coefficient (Wildman–Crippen LogP) is 3.18. The lowest BCUT2D eigenvalue weighted by atomic mass is 10.0. The fourth-order valence-electron chi connectivity index (χ4n) is 2.51. The van der Waals surface area contributed by atoms with Crippen molar-refractivity contribution in [3.8, 4) is 0 Å². The molecule has 0 aromatic heterocycles. The maximum Gasteiger partial charge on any atom is 0.130 e. The molecular weight excluding hydrogens is 272 g/mol. The van der Waals surface area contributed by atoms with E-state index in [4.69, 9.17) is 16.3 Å². The van der Waals surface area contributed by atoms with E-state index < -0.39 is 11.6 Å². The Balaban J connectivity index is 2.09. The van der Waals surface area contributed by atoms with Crippen LogP contribution in [0.4, 0.5) is 8.78 Å². The molecule has 0 saturated carbocycles. The molecule has 1 heterocycles. The van der Waals surface area contributed by atoms with E-state index >= 15 is 0 Å². The summed E-state index contributed by atoms with van der Waals surface area (Å²) in [6, 6.07) is 3.69. The number of alkyl halides is 1. The number of hydrogen-bond acceptors (Lipinski definition) is 2. The topological polar surface area (TPSA) is 12.5 Å². The van der Waals surface area contributed by atoms with Crippen LogP contribution in [0.2, 0.25) is 0 Å². The zero-order valence-electron chi connectivity index (χ0n) is 11.1.